The molecule has 2 atom stereocenters. The predicted octanol–water partition coefficient (Wildman–Crippen LogP) is 4.53. The van der Waals surface area contributed by atoms with E-state index >= 15 is 0 Å². The zero-order chi connectivity index (χ0) is 25.2. The van der Waals surface area contributed by atoms with Crippen LogP contribution >= 0.6 is 0 Å². The SMILES string of the molecule is Cc1ccc2c(N3CCC(O)C3)cccc2c1Oc1ncccc1-c1ccnc(NC2CCCNC2)n1. The predicted molar refractivity (Wildman–Crippen MR) is 146 cm³/mol. The lowest BCUT2D eigenvalue weighted by Gasteiger charge is -2.23. The van der Waals surface area contributed by atoms with Gasteiger partial charge in [0.1, 0.15) is 5.75 Å². The highest BCUT2D eigenvalue weighted by atomic mass is 16.5. The molecule has 3 N–H and O–H groups in total. The fraction of sp³-hybridized carbons (Fsp3) is 0.345. The zero-order valence-corrected chi connectivity index (χ0v) is 21.0. The molecular formula is C29H32N6O2. The summed E-state index contributed by atoms with van der Waals surface area (Å²) in [4.78, 5) is 16.1. The summed E-state index contributed by atoms with van der Waals surface area (Å²) in [6, 6.07) is 16.6. The molecule has 2 aromatic heterocycles. The van der Waals surface area contributed by atoms with E-state index in [4.69, 9.17) is 9.72 Å². The first-order valence-corrected chi connectivity index (χ1v) is 13.0. The van der Waals surface area contributed by atoms with Crippen LogP contribution in [0.25, 0.3) is 22.0 Å². The number of pyridine rings is 1. The van der Waals surface area contributed by atoms with E-state index in [2.05, 4.69) is 62.8 Å². The summed E-state index contributed by atoms with van der Waals surface area (Å²) in [5, 5.41) is 19.1. The lowest BCUT2D eigenvalue weighted by atomic mass is 10.0. The summed E-state index contributed by atoms with van der Waals surface area (Å²) in [5.74, 6) is 1.89. The Morgan fingerprint density at radius 2 is 1.97 bits per heavy atom. The number of nitrogens with zero attached hydrogens (tertiary/aromatic N) is 4. The Morgan fingerprint density at radius 1 is 1.03 bits per heavy atom. The van der Waals surface area contributed by atoms with E-state index in [0.29, 0.717) is 24.4 Å². The Labute approximate surface area is 216 Å². The summed E-state index contributed by atoms with van der Waals surface area (Å²) in [7, 11) is 0. The number of rotatable bonds is 6. The highest BCUT2D eigenvalue weighted by Gasteiger charge is 2.23. The van der Waals surface area contributed by atoms with E-state index in [1.807, 2.05) is 18.2 Å². The molecule has 0 spiro atoms. The first kappa shape index (κ1) is 23.6. The largest absolute Gasteiger partial charge is 0.437 e. The van der Waals surface area contributed by atoms with Crippen molar-refractivity contribution in [2.24, 2.45) is 0 Å². The minimum atomic E-state index is -0.283. The highest BCUT2D eigenvalue weighted by Crippen LogP contribution is 2.40. The minimum Gasteiger partial charge on any atom is -0.437 e. The van der Waals surface area contributed by atoms with Crippen LogP contribution in [0.1, 0.15) is 24.8 Å². The average Bonchev–Trinajstić information content (AvgIpc) is 3.37. The van der Waals surface area contributed by atoms with E-state index in [1.54, 1.807) is 12.4 Å². The number of nitrogens with one attached hydrogen (secondary N) is 2. The van der Waals surface area contributed by atoms with Crippen LogP contribution in [0.3, 0.4) is 0 Å². The van der Waals surface area contributed by atoms with Crippen molar-refractivity contribution in [1.29, 1.82) is 0 Å². The van der Waals surface area contributed by atoms with Crippen molar-refractivity contribution >= 4 is 22.4 Å². The first-order chi connectivity index (χ1) is 18.2. The van der Waals surface area contributed by atoms with E-state index in [-0.39, 0.29) is 6.10 Å². The molecule has 8 heteroatoms. The molecule has 0 aliphatic carbocycles. The van der Waals surface area contributed by atoms with E-state index in [1.165, 1.54) is 0 Å². The molecule has 0 amide bonds. The fourth-order valence-corrected chi connectivity index (χ4v) is 5.29. The Bertz CT molecular complexity index is 1400. The van der Waals surface area contributed by atoms with Crippen LogP contribution in [0.5, 0.6) is 11.6 Å². The number of benzene rings is 2. The van der Waals surface area contributed by atoms with Gasteiger partial charge in [0.05, 0.1) is 17.4 Å². The van der Waals surface area contributed by atoms with Crippen LogP contribution in [0.15, 0.2) is 60.9 Å². The third-order valence-electron chi connectivity index (χ3n) is 7.22. The first-order valence-electron chi connectivity index (χ1n) is 13.0. The van der Waals surface area contributed by atoms with Gasteiger partial charge in [-0.3, -0.25) is 0 Å². The van der Waals surface area contributed by atoms with Crippen LogP contribution < -0.4 is 20.3 Å². The maximum absolute atomic E-state index is 10.1. The molecule has 2 fully saturated rings. The smallest absolute Gasteiger partial charge is 0.228 e. The third-order valence-corrected chi connectivity index (χ3v) is 7.22. The normalized spacial score (nSPS) is 19.8. The molecule has 190 valence electrons. The Morgan fingerprint density at radius 3 is 2.81 bits per heavy atom. The average molecular weight is 497 g/mol. The molecule has 37 heavy (non-hydrogen) atoms. The van der Waals surface area contributed by atoms with Crippen molar-refractivity contribution in [2.45, 2.75) is 38.3 Å². The molecule has 2 unspecified atom stereocenters. The van der Waals surface area contributed by atoms with Crippen LogP contribution in [-0.4, -0.2) is 58.4 Å². The van der Waals surface area contributed by atoms with Gasteiger partial charge < -0.3 is 25.4 Å². The van der Waals surface area contributed by atoms with E-state index in [0.717, 1.165) is 77.9 Å². The summed E-state index contributed by atoms with van der Waals surface area (Å²) in [6.07, 6.45) is 6.26. The van der Waals surface area contributed by atoms with Crippen molar-refractivity contribution in [2.75, 3.05) is 36.4 Å². The Hall–Kier alpha value is -3.75. The van der Waals surface area contributed by atoms with Crippen LogP contribution in [0.4, 0.5) is 11.6 Å². The van der Waals surface area contributed by atoms with Crippen molar-refractivity contribution in [3.05, 3.63) is 66.5 Å². The second-order valence-corrected chi connectivity index (χ2v) is 9.88. The number of aliphatic hydroxyl groups excluding tert-OH is 1. The van der Waals surface area contributed by atoms with Crippen LogP contribution in [0.2, 0.25) is 0 Å². The number of β-amino-alcohol motifs (C(OH)–C–C–N with tert-alkyl or cyclic N) is 1. The van der Waals surface area contributed by atoms with Crippen molar-refractivity contribution in [1.82, 2.24) is 20.3 Å². The maximum atomic E-state index is 10.1. The van der Waals surface area contributed by atoms with Gasteiger partial charge in [-0.2, -0.15) is 0 Å². The van der Waals surface area contributed by atoms with Gasteiger partial charge in [-0.05, 0) is 62.6 Å². The molecular weight excluding hydrogens is 464 g/mol. The summed E-state index contributed by atoms with van der Waals surface area (Å²) in [5.41, 5.74) is 3.71. The number of ether oxygens (including phenoxy) is 1. The van der Waals surface area contributed by atoms with Gasteiger partial charge >= 0.3 is 0 Å². The van der Waals surface area contributed by atoms with Crippen molar-refractivity contribution in [3.63, 3.8) is 0 Å². The van der Waals surface area contributed by atoms with Gasteiger partial charge in [0.15, 0.2) is 0 Å². The summed E-state index contributed by atoms with van der Waals surface area (Å²) < 4.78 is 6.57. The molecule has 6 rings (SSSR count). The van der Waals surface area contributed by atoms with Crippen molar-refractivity contribution < 1.29 is 9.84 Å². The fourth-order valence-electron chi connectivity index (χ4n) is 5.29. The molecule has 4 aromatic rings. The molecule has 0 radical (unpaired) electrons. The van der Waals surface area contributed by atoms with Crippen LogP contribution in [-0.2, 0) is 0 Å². The third kappa shape index (κ3) is 4.95. The van der Waals surface area contributed by atoms with Gasteiger partial charge in [-0.25, -0.2) is 15.0 Å². The van der Waals surface area contributed by atoms with Crippen molar-refractivity contribution in [3.8, 4) is 22.9 Å². The molecule has 0 saturated carbocycles. The zero-order valence-electron chi connectivity index (χ0n) is 21.0. The second kappa shape index (κ2) is 10.3. The monoisotopic (exact) mass is 496 g/mol. The topological polar surface area (TPSA) is 95.4 Å². The van der Waals surface area contributed by atoms with Gasteiger partial charge in [-0.15, -0.1) is 0 Å². The number of aliphatic hydroxyl groups is 1. The molecule has 2 aromatic carbocycles. The lowest BCUT2D eigenvalue weighted by Crippen LogP contribution is -2.38. The maximum Gasteiger partial charge on any atom is 0.228 e. The number of hydrogen-bond donors (Lipinski definition) is 3. The number of anilines is 2. The molecule has 8 nitrogen and oxygen atoms in total. The quantitative estimate of drug-likeness (QED) is 0.359. The summed E-state index contributed by atoms with van der Waals surface area (Å²) >= 11 is 0. The molecule has 2 saturated heterocycles. The molecule has 4 heterocycles. The lowest BCUT2D eigenvalue weighted by molar-refractivity contribution is 0.198. The second-order valence-electron chi connectivity index (χ2n) is 9.88. The summed E-state index contributed by atoms with van der Waals surface area (Å²) in [6.45, 7) is 5.51. The molecule has 0 bridgehead atoms. The van der Waals surface area contributed by atoms with Gasteiger partial charge in [-0.1, -0.05) is 24.3 Å². The number of piperidine rings is 1. The molecule has 2 aliphatic heterocycles. The van der Waals surface area contributed by atoms with Crippen LogP contribution in [0, 0.1) is 6.92 Å². The highest BCUT2D eigenvalue weighted by molar-refractivity contribution is 5.99. The number of aromatic nitrogens is 3. The number of fused-ring (bicyclic) bond motifs is 1. The minimum absolute atomic E-state index is 0.283. The number of hydrogen-bond acceptors (Lipinski definition) is 8. The standard InChI is InChI=1S/C29H32N6O2/c1-19-9-10-22-23(6-2-8-26(22)35-16-12-21(36)18-35)27(19)37-28-24(7-4-14-31-28)25-11-15-32-29(34-25)33-20-5-3-13-30-17-20/h2,4,6-11,14-15,20-21,30,36H,3,5,12-13,16-18H2,1H3,(H,32,33,34). The van der Waals surface area contributed by atoms with Gasteiger partial charge in [0.25, 0.3) is 0 Å². The van der Waals surface area contributed by atoms with Gasteiger partial charge in [0, 0.05) is 54.5 Å². The van der Waals surface area contributed by atoms with Gasteiger partial charge in [0.2, 0.25) is 11.8 Å². The Kier molecular flexibility index (Phi) is 6.59. The number of aryl methyl sites for hydroxylation is 1. The Balaban J connectivity index is 1.34. The van der Waals surface area contributed by atoms with E-state index in [9.17, 15) is 5.11 Å². The molecule has 2 aliphatic rings. The van der Waals surface area contributed by atoms with E-state index < -0.39 is 0 Å².